The van der Waals surface area contributed by atoms with Crippen LogP contribution in [0, 0.1) is 0 Å². The molecule has 1 heterocycles. The summed E-state index contributed by atoms with van der Waals surface area (Å²) in [4.78, 5) is 14.1. The van der Waals surface area contributed by atoms with Crippen molar-refractivity contribution in [3.8, 4) is 5.75 Å². The van der Waals surface area contributed by atoms with Crippen molar-refractivity contribution >= 4 is 5.91 Å². The largest absolute Gasteiger partial charge is 0.497 e. The number of carbonyl (C=O) groups is 1. The Kier molecular flexibility index (Phi) is 6.02. The van der Waals surface area contributed by atoms with E-state index < -0.39 is 0 Å². The molecule has 0 atom stereocenters. The Hall–Kier alpha value is -1.59. The average molecular weight is 293 g/mol. The molecule has 0 spiro atoms. The summed E-state index contributed by atoms with van der Waals surface area (Å²) in [5, 5.41) is 2.88. The molecule has 1 saturated heterocycles. The SMILES string of the molecule is COc1ccc(C[NH+]2CC[NH+](CCNC(C)=O)CC2)cc1. The lowest BCUT2D eigenvalue weighted by atomic mass is 10.2. The third kappa shape index (κ3) is 5.36. The van der Waals surface area contributed by atoms with Gasteiger partial charge in [0, 0.05) is 12.5 Å². The molecule has 1 aromatic carbocycles. The van der Waals surface area contributed by atoms with E-state index in [9.17, 15) is 4.79 Å². The molecular weight excluding hydrogens is 266 g/mol. The molecule has 1 aromatic rings. The maximum absolute atomic E-state index is 10.9. The normalized spacial score (nSPS) is 21.8. The molecule has 116 valence electrons. The first-order chi connectivity index (χ1) is 10.2. The van der Waals surface area contributed by atoms with Gasteiger partial charge in [0.25, 0.3) is 0 Å². The number of benzene rings is 1. The van der Waals surface area contributed by atoms with Crippen molar-refractivity contribution in [2.45, 2.75) is 13.5 Å². The number of piperazine rings is 1. The number of quaternary nitrogens is 2. The van der Waals surface area contributed by atoms with Crippen LogP contribution in [0.15, 0.2) is 24.3 Å². The summed E-state index contributed by atoms with van der Waals surface area (Å²) in [5.41, 5.74) is 1.37. The zero-order chi connectivity index (χ0) is 15.1. The van der Waals surface area contributed by atoms with Gasteiger partial charge < -0.3 is 19.9 Å². The summed E-state index contributed by atoms with van der Waals surface area (Å²) < 4.78 is 5.19. The fourth-order valence-electron chi connectivity index (χ4n) is 2.83. The van der Waals surface area contributed by atoms with E-state index in [1.807, 2.05) is 12.1 Å². The maximum Gasteiger partial charge on any atom is 0.217 e. The summed E-state index contributed by atoms with van der Waals surface area (Å²) in [6, 6.07) is 8.37. The first-order valence-electron chi connectivity index (χ1n) is 7.72. The second-order valence-corrected chi connectivity index (χ2v) is 5.76. The summed E-state index contributed by atoms with van der Waals surface area (Å²) >= 11 is 0. The molecular formula is C16H27N3O2+2. The van der Waals surface area contributed by atoms with Gasteiger partial charge in [-0.05, 0) is 24.3 Å². The van der Waals surface area contributed by atoms with Crippen LogP contribution in [0.25, 0.3) is 0 Å². The monoisotopic (exact) mass is 293 g/mol. The van der Waals surface area contributed by atoms with Gasteiger partial charge in [0.1, 0.15) is 38.5 Å². The molecule has 5 nitrogen and oxygen atoms in total. The fourth-order valence-corrected chi connectivity index (χ4v) is 2.83. The first kappa shape index (κ1) is 15.8. The van der Waals surface area contributed by atoms with Crippen LogP contribution in [0.3, 0.4) is 0 Å². The zero-order valence-electron chi connectivity index (χ0n) is 13.1. The highest BCUT2D eigenvalue weighted by molar-refractivity contribution is 5.72. The molecule has 3 N–H and O–H groups in total. The van der Waals surface area contributed by atoms with Crippen molar-refractivity contribution in [2.24, 2.45) is 0 Å². The van der Waals surface area contributed by atoms with Crippen LogP contribution in [0.1, 0.15) is 12.5 Å². The zero-order valence-corrected chi connectivity index (χ0v) is 13.1. The van der Waals surface area contributed by atoms with E-state index in [2.05, 4.69) is 17.4 Å². The maximum atomic E-state index is 10.9. The molecule has 1 fully saturated rings. The summed E-state index contributed by atoms with van der Waals surface area (Å²) in [6.07, 6.45) is 0. The number of nitrogens with one attached hydrogen (secondary N) is 3. The number of rotatable bonds is 6. The fraction of sp³-hybridized carbons (Fsp3) is 0.562. The van der Waals surface area contributed by atoms with Gasteiger partial charge in [0.2, 0.25) is 5.91 Å². The van der Waals surface area contributed by atoms with Crippen LogP contribution in [0.4, 0.5) is 0 Å². The van der Waals surface area contributed by atoms with Gasteiger partial charge in [-0.25, -0.2) is 0 Å². The van der Waals surface area contributed by atoms with Crippen molar-refractivity contribution in [1.29, 1.82) is 0 Å². The van der Waals surface area contributed by atoms with E-state index in [1.54, 1.807) is 23.8 Å². The van der Waals surface area contributed by atoms with Gasteiger partial charge in [-0.15, -0.1) is 0 Å². The van der Waals surface area contributed by atoms with Gasteiger partial charge in [0.15, 0.2) is 0 Å². The lowest BCUT2D eigenvalue weighted by Gasteiger charge is -2.29. The minimum absolute atomic E-state index is 0.0677. The van der Waals surface area contributed by atoms with E-state index in [1.165, 1.54) is 31.7 Å². The number of hydrogen-bond donors (Lipinski definition) is 3. The van der Waals surface area contributed by atoms with Crippen LogP contribution >= 0.6 is 0 Å². The third-order valence-corrected chi connectivity index (χ3v) is 4.13. The molecule has 0 bridgehead atoms. The van der Waals surface area contributed by atoms with Crippen LogP contribution in [-0.4, -0.2) is 52.3 Å². The number of hydrogen-bond acceptors (Lipinski definition) is 2. The Bertz CT molecular complexity index is 439. The minimum Gasteiger partial charge on any atom is -0.497 e. The van der Waals surface area contributed by atoms with Crippen LogP contribution in [0.5, 0.6) is 5.75 Å². The molecule has 0 saturated carbocycles. The molecule has 2 rings (SSSR count). The number of methoxy groups -OCH3 is 1. The molecule has 0 aliphatic carbocycles. The number of carbonyl (C=O) groups excluding carboxylic acids is 1. The molecule has 1 aliphatic rings. The lowest BCUT2D eigenvalue weighted by Crippen LogP contribution is -3.27. The van der Waals surface area contributed by atoms with Crippen LogP contribution in [0.2, 0.25) is 0 Å². The van der Waals surface area contributed by atoms with Crippen molar-refractivity contribution < 1.29 is 19.3 Å². The van der Waals surface area contributed by atoms with Crippen molar-refractivity contribution in [3.05, 3.63) is 29.8 Å². The first-order valence-corrected chi connectivity index (χ1v) is 7.72. The van der Waals surface area contributed by atoms with Gasteiger partial charge in [-0.3, -0.25) is 4.79 Å². The highest BCUT2D eigenvalue weighted by atomic mass is 16.5. The molecule has 1 amide bonds. The number of amides is 1. The highest BCUT2D eigenvalue weighted by Crippen LogP contribution is 2.10. The van der Waals surface area contributed by atoms with Crippen molar-refractivity contribution in [3.63, 3.8) is 0 Å². The Balaban J connectivity index is 1.69. The molecule has 0 unspecified atom stereocenters. The predicted octanol–water partition coefficient (Wildman–Crippen LogP) is -1.89. The predicted molar refractivity (Wildman–Crippen MR) is 81.6 cm³/mol. The highest BCUT2D eigenvalue weighted by Gasteiger charge is 2.22. The molecule has 5 heteroatoms. The van der Waals surface area contributed by atoms with E-state index in [-0.39, 0.29) is 5.91 Å². The summed E-state index contributed by atoms with van der Waals surface area (Å²) in [5.74, 6) is 0.985. The van der Waals surface area contributed by atoms with Crippen molar-refractivity contribution in [2.75, 3.05) is 46.4 Å². The van der Waals surface area contributed by atoms with Gasteiger partial charge in [-0.1, -0.05) is 0 Å². The van der Waals surface area contributed by atoms with E-state index >= 15 is 0 Å². The summed E-state index contributed by atoms with van der Waals surface area (Å²) in [6.45, 7) is 9.25. The molecule has 21 heavy (non-hydrogen) atoms. The second-order valence-electron chi connectivity index (χ2n) is 5.76. The molecule has 1 aliphatic heterocycles. The third-order valence-electron chi connectivity index (χ3n) is 4.13. The number of ether oxygens (including phenoxy) is 1. The molecule has 0 aromatic heterocycles. The Labute approximate surface area is 126 Å². The van der Waals surface area contributed by atoms with E-state index in [0.29, 0.717) is 0 Å². The average Bonchev–Trinajstić information content (AvgIpc) is 2.49. The smallest absolute Gasteiger partial charge is 0.217 e. The van der Waals surface area contributed by atoms with E-state index in [0.717, 1.165) is 25.4 Å². The molecule has 0 radical (unpaired) electrons. The Morgan fingerprint density at radius 3 is 2.33 bits per heavy atom. The van der Waals surface area contributed by atoms with Crippen LogP contribution < -0.4 is 19.9 Å². The van der Waals surface area contributed by atoms with Gasteiger partial charge in [-0.2, -0.15) is 0 Å². The topological polar surface area (TPSA) is 47.2 Å². The summed E-state index contributed by atoms with van der Waals surface area (Å²) in [7, 11) is 1.70. The Morgan fingerprint density at radius 1 is 1.14 bits per heavy atom. The Morgan fingerprint density at radius 2 is 1.76 bits per heavy atom. The standard InChI is InChI=1S/C16H25N3O2/c1-14(20)17-7-8-18-9-11-19(12-10-18)13-15-3-5-16(21-2)6-4-15/h3-6H,7-13H2,1-2H3,(H,17,20)/p+2. The van der Waals surface area contributed by atoms with E-state index in [4.69, 9.17) is 4.74 Å². The second kappa shape index (κ2) is 8.00. The quantitative estimate of drug-likeness (QED) is 0.575. The van der Waals surface area contributed by atoms with Crippen molar-refractivity contribution in [1.82, 2.24) is 5.32 Å². The van der Waals surface area contributed by atoms with Gasteiger partial charge >= 0.3 is 0 Å². The lowest BCUT2D eigenvalue weighted by molar-refractivity contribution is -1.02. The van der Waals surface area contributed by atoms with Gasteiger partial charge in [0.05, 0.1) is 20.2 Å². The minimum atomic E-state index is 0.0677. The van der Waals surface area contributed by atoms with Crippen LogP contribution in [-0.2, 0) is 11.3 Å².